The van der Waals surface area contributed by atoms with E-state index in [0.29, 0.717) is 10.6 Å². The Kier molecular flexibility index (Phi) is 5.47. The Morgan fingerprint density at radius 2 is 2.04 bits per heavy atom. The maximum absolute atomic E-state index is 12.3. The van der Waals surface area contributed by atoms with Crippen LogP contribution < -0.4 is 5.32 Å². The van der Waals surface area contributed by atoms with Crippen LogP contribution in [0.2, 0.25) is 5.02 Å². The van der Waals surface area contributed by atoms with Crippen molar-refractivity contribution in [1.29, 1.82) is 0 Å². The molecule has 0 spiro atoms. The van der Waals surface area contributed by atoms with Gasteiger partial charge in [0.25, 0.3) is 0 Å². The number of rotatable bonds is 5. The third-order valence-corrected chi connectivity index (χ3v) is 5.42. The molecule has 3 rings (SSSR count). The lowest BCUT2D eigenvalue weighted by Gasteiger charge is -2.14. The van der Waals surface area contributed by atoms with Crippen molar-refractivity contribution in [2.45, 2.75) is 19.6 Å². The highest BCUT2D eigenvalue weighted by atomic mass is 79.9. The Balaban J connectivity index is 1.68. The molecule has 0 aliphatic carbocycles. The average molecular weight is 422 g/mol. The van der Waals surface area contributed by atoms with E-state index in [1.165, 1.54) is 0 Å². The summed E-state index contributed by atoms with van der Waals surface area (Å²) in [4.78, 5) is 12.3. The van der Waals surface area contributed by atoms with Crippen molar-refractivity contribution < 1.29 is 9.90 Å². The number of para-hydroxylation sites is 1. The summed E-state index contributed by atoms with van der Waals surface area (Å²) >= 11 is 9.51. The summed E-state index contributed by atoms with van der Waals surface area (Å²) in [7, 11) is 0. The number of hydrogen-bond donors (Lipinski definition) is 2. The van der Waals surface area contributed by atoms with Crippen LogP contribution in [0.4, 0.5) is 0 Å². The van der Waals surface area contributed by atoms with Gasteiger partial charge in [0, 0.05) is 32.6 Å². The minimum atomic E-state index is -0.795. The first-order valence-electron chi connectivity index (χ1n) is 7.91. The number of amides is 1. The third-order valence-electron chi connectivity index (χ3n) is 4.18. The summed E-state index contributed by atoms with van der Waals surface area (Å²) in [5.41, 5.74) is 2.67. The highest BCUT2D eigenvalue weighted by Gasteiger charge is 2.15. The van der Waals surface area contributed by atoms with Gasteiger partial charge in [-0.25, -0.2) is 0 Å². The van der Waals surface area contributed by atoms with Gasteiger partial charge < -0.3 is 15.0 Å². The van der Waals surface area contributed by atoms with E-state index in [1.807, 2.05) is 35.8 Å². The Hall–Kier alpha value is -1.82. The van der Waals surface area contributed by atoms with E-state index >= 15 is 0 Å². The van der Waals surface area contributed by atoms with E-state index in [-0.39, 0.29) is 19.0 Å². The number of halogens is 2. The number of aliphatic hydroxyl groups excluding tert-OH is 1. The molecule has 1 amide bonds. The lowest BCUT2D eigenvalue weighted by atomic mass is 10.1. The lowest BCUT2D eigenvalue weighted by molar-refractivity contribution is -0.122. The molecule has 1 heterocycles. The van der Waals surface area contributed by atoms with Crippen LogP contribution >= 0.6 is 27.5 Å². The monoisotopic (exact) mass is 420 g/mol. The van der Waals surface area contributed by atoms with Crippen molar-refractivity contribution in [3.8, 4) is 0 Å². The molecule has 2 N–H and O–H groups in total. The van der Waals surface area contributed by atoms with Crippen LogP contribution in [0.1, 0.15) is 17.4 Å². The maximum atomic E-state index is 12.3. The molecular weight excluding hydrogens is 404 g/mol. The van der Waals surface area contributed by atoms with Gasteiger partial charge in [-0.15, -0.1) is 0 Å². The molecule has 0 fully saturated rings. The summed E-state index contributed by atoms with van der Waals surface area (Å²) in [5, 5.41) is 14.6. The first-order chi connectivity index (χ1) is 12.0. The number of aliphatic hydroxyl groups is 1. The van der Waals surface area contributed by atoms with Gasteiger partial charge in [-0.1, -0.05) is 41.9 Å². The average Bonchev–Trinajstić information content (AvgIpc) is 2.85. The molecule has 3 aromatic rings. The van der Waals surface area contributed by atoms with Crippen LogP contribution in [0.25, 0.3) is 10.9 Å². The predicted molar refractivity (Wildman–Crippen MR) is 104 cm³/mol. The molecule has 0 aliphatic heterocycles. The molecule has 1 atom stereocenters. The van der Waals surface area contributed by atoms with Crippen LogP contribution in [0.15, 0.2) is 53.0 Å². The smallest absolute Gasteiger partial charge is 0.240 e. The van der Waals surface area contributed by atoms with Crippen LogP contribution in [0, 0.1) is 6.92 Å². The van der Waals surface area contributed by atoms with Gasteiger partial charge >= 0.3 is 0 Å². The number of benzene rings is 2. The van der Waals surface area contributed by atoms with Crippen LogP contribution in [-0.4, -0.2) is 22.1 Å². The second kappa shape index (κ2) is 7.60. The molecule has 6 heteroatoms. The van der Waals surface area contributed by atoms with Gasteiger partial charge in [0.15, 0.2) is 0 Å². The fourth-order valence-electron chi connectivity index (χ4n) is 2.83. The number of carbonyl (C=O) groups is 1. The molecule has 0 radical (unpaired) electrons. The minimum absolute atomic E-state index is 0.137. The topological polar surface area (TPSA) is 54.3 Å². The van der Waals surface area contributed by atoms with Gasteiger partial charge in [-0.05, 0) is 46.6 Å². The van der Waals surface area contributed by atoms with Crippen molar-refractivity contribution in [2.24, 2.45) is 0 Å². The van der Waals surface area contributed by atoms with E-state index in [1.54, 1.807) is 24.3 Å². The number of nitrogens with zero attached hydrogens (tertiary/aromatic N) is 1. The minimum Gasteiger partial charge on any atom is -0.387 e. The molecule has 130 valence electrons. The number of aromatic nitrogens is 1. The Labute approximate surface area is 159 Å². The van der Waals surface area contributed by atoms with Crippen molar-refractivity contribution in [2.75, 3.05) is 6.54 Å². The molecule has 4 nitrogen and oxygen atoms in total. The van der Waals surface area contributed by atoms with E-state index in [4.69, 9.17) is 11.6 Å². The first-order valence-corrected chi connectivity index (χ1v) is 9.08. The largest absolute Gasteiger partial charge is 0.387 e. The van der Waals surface area contributed by atoms with Crippen LogP contribution in [0.5, 0.6) is 0 Å². The summed E-state index contributed by atoms with van der Waals surface area (Å²) < 4.78 is 2.95. The SMILES string of the molecule is Cc1c(Br)c2ccccc2n1CC(=O)NCC(O)c1cccc(Cl)c1. The van der Waals surface area contributed by atoms with Crippen molar-refractivity contribution in [1.82, 2.24) is 9.88 Å². The van der Waals surface area contributed by atoms with E-state index < -0.39 is 6.10 Å². The van der Waals surface area contributed by atoms with E-state index in [9.17, 15) is 9.90 Å². The summed E-state index contributed by atoms with van der Waals surface area (Å²) in [6, 6.07) is 14.9. The molecule has 0 saturated heterocycles. The molecule has 0 saturated carbocycles. The number of nitrogens with one attached hydrogen (secondary N) is 1. The first kappa shape index (κ1) is 18.0. The normalized spacial score (nSPS) is 12.3. The number of fused-ring (bicyclic) bond motifs is 1. The summed E-state index contributed by atoms with van der Waals surface area (Å²) in [5.74, 6) is -0.155. The molecule has 2 aromatic carbocycles. The quantitative estimate of drug-likeness (QED) is 0.648. The fraction of sp³-hybridized carbons (Fsp3) is 0.211. The summed E-state index contributed by atoms with van der Waals surface area (Å²) in [6.07, 6.45) is -0.795. The predicted octanol–water partition coefficient (Wildman–Crippen LogP) is 4.22. The Morgan fingerprint density at radius 1 is 1.28 bits per heavy atom. The lowest BCUT2D eigenvalue weighted by Crippen LogP contribution is -2.31. The van der Waals surface area contributed by atoms with Crippen molar-refractivity contribution in [3.05, 3.63) is 69.3 Å². The van der Waals surface area contributed by atoms with Crippen LogP contribution in [-0.2, 0) is 11.3 Å². The highest BCUT2D eigenvalue weighted by Crippen LogP contribution is 2.30. The zero-order valence-electron chi connectivity index (χ0n) is 13.7. The van der Waals surface area contributed by atoms with Gasteiger partial charge in [-0.2, -0.15) is 0 Å². The molecule has 1 aromatic heterocycles. The molecular formula is C19H18BrClN2O2. The maximum Gasteiger partial charge on any atom is 0.240 e. The van der Waals surface area contributed by atoms with E-state index in [2.05, 4.69) is 21.2 Å². The van der Waals surface area contributed by atoms with Crippen LogP contribution in [0.3, 0.4) is 0 Å². The fourth-order valence-corrected chi connectivity index (χ4v) is 3.58. The third kappa shape index (κ3) is 3.89. The van der Waals surface area contributed by atoms with Crippen molar-refractivity contribution >= 4 is 44.3 Å². The van der Waals surface area contributed by atoms with E-state index in [0.717, 1.165) is 21.1 Å². The number of hydrogen-bond acceptors (Lipinski definition) is 2. The molecule has 1 unspecified atom stereocenters. The molecule has 0 bridgehead atoms. The zero-order valence-corrected chi connectivity index (χ0v) is 16.0. The van der Waals surface area contributed by atoms with Crippen molar-refractivity contribution in [3.63, 3.8) is 0 Å². The second-order valence-electron chi connectivity index (χ2n) is 5.88. The Morgan fingerprint density at radius 3 is 2.80 bits per heavy atom. The van der Waals surface area contributed by atoms with Gasteiger partial charge in [0.1, 0.15) is 6.54 Å². The van der Waals surface area contributed by atoms with Gasteiger partial charge in [0.05, 0.1) is 6.10 Å². The van der Waals surface area contributed by atoms with Gasteiger partial charge in [0.2, 0.25) is 5.91 Å². The second-order valence-corrected chi connectivity index (χ2v) is 7.11. The van der Waals surface area contributed by atoms with Gasteiger partial charge in [-0.3, -0.25) is 4.79 Å². The molecule has 0 aliphatic rings. The highest BCUT2D eigenvalue weighted by molar-refractivity contribution is 9.10. The zero-order chi connectivity index (χ0) is 18.0. The number of carbonyl (C=O) groups excluding carboxylic acids is 1. The molecule has 25 heavy (non-hydrogen) atoms. The summed E-state index contributed by atoms with van der Waals surface area (Å²) in [6.45, 7) is 2.30. The Bertz CT molecular complexity index is 923. The standard InChI is InChI=1S/C19H18BrClN2O2/c1-12-19(20)15-7-2-3-8-16(15)23(12)11-18(25)22-10-17(24)13-5-4-6-14(21)9-13/h2-9,17,24H,10-11H2,1H3,(H,22,25).